The third-order valence-corrected chi connectivity index (χ3v) is 3.30. The highest BCUT2D eigenvalue weighted by molar-refractivity contribution is 5.61. The summed E-state index contributed by atoms with van der Waals surface area (Å²) in [4.78, 5) is 10.6. The van der Waals surface area contributed by atoms with Gasteiger partial charge >= 0.3 is 0 Å². The Hall–Kier alpha value is -1.62. The van der Waals surface area contributed by atoms with Crippen molar-refractivity contribution >= 4 is 11.4 Å². The molecule has 0 amide bonds. The summed E-state index contributed by atoms with van der Waals surface area (Å²) in [6.07, 6.45) is 3.41. The third kappa shape index (κ3) is 3.20. The van der Waals surface area contributed by atoms with Crippen molar-refractivity contribution in [3.8, 4) is 0 Å². The molecule has 98 valence electrons. The first kappa shape index (κ1) is 12.8. The normalized spacial score (nSPS) is 20.6. The molecule has 1 aromatic carbocycles. The summed E-state index contributed by atoms with van der Waals surface area (Å²) in [6, 6.07) is 7.55. The maximum Gasteiger partial charge on any atom is 0.292 e. The minimum atomic E-state index is -0.344. The Bertz CT molecular complexity index is 416. The van der Waals surface area contributed by atoms with Gasteiger partial charge in [0.15, 0.2) is 0 Å². The van der Waals surface area contributed by atoms with Crippen molar-refractivity contribution in [2.24, 2.45) is 0 Å². The van der Waals surface area contributed by atoms with E-state index in [-0.39, 0.29) is 16.7 Å². The lowest BCUT2D eigenvalue weighted by atomic mass is 10.1. The highest BCUT2D eigenvalue weighted by Gasteiger charge is 2.19. The molecule has 1 aliphatic rings. The zero-order valence-corrected chi connectivity index (χ0v) is 10.6. The van der Waals surface area contributed by atoms with Crippen LogP contribution in [0.5, 0.6) is 0 Å². The molecule has 0 radical (unpaired) electrons. The van der Waals surface area contributed by atoms with Crippen LogP contribution in [0.3, 0.4) is 0 Å². The van der Waals surface area contributed by atoms with Gasteiger partial charge in [-0.1, -0.05) is 12.1 Å². The molecule has 1 aromatic rings. The minimum Gasteiger partial charge on any atom is -0.377 e. The number of rotatable bonds is 5. The van der Waals surface area contributed by atoms with Crippen LogP contribution in [0.4, 0.5) is 11.4 Å². The summed E-state index contributed by atoms with van der Waals surface area (Å²) in [5, 5.41) is 17.6. The van der Waals surface area contributed by atoms with Crippen LogP contribution in [0.2, 0.25) is 0 Å². The molecule has 1 aliphatic heterocycles. The zero-order chi connectivity index (χ0) is 13.0. The second-order valence-corrected chi connectivity index (χ2v) is 4.85. The first-order valence-electron chi connectivity index (χ1n) is 6.40. The van der Waals surface area contributed by atoms with Crippen molar-refractivity contribution in [3.63, 3.8) is 0 Å². The summed E-state index contributed by atoms with van der Waals surface area (Å²) >= 11 is 0. The van der Waals surface area contributed by atoms with Gasteiger partial charge in [-0.05, 0) is 38.8 Å². The molecule has 2 unspecified atom stereocenters. The van der Waals surface area contributed by atoms with E-state index >= 15 is 0 Å². The first-order valence-corrected chi connectivity index (χ1v) is 6.40. The number of nitro benzene ring substituents is 1. The molecule has 1 fully saturated rings. The Kier molecular flexibility index (Phi) is 4.15. The molecular formula is C13H19N3O2. The van der Waals surface area contributed by atoms with E-state index in [1.54, 1.807) is 12.1 Å². The predicted octanol–water partition coefficient (Wildman–Crippen LogP) is 2.54. The highest BCUT2D eigenvalue weighted by Crippen LogP contribution is 2.25. The summed E-state index contributed by atoms with van der Waals surface area (Å²) in [5.41, 5.74) is 0.747. The van der Waals surface area contributed by atoms with E-state index in [2.05, 4.69) is 17.6 Å². The van der Waals surface area contributed by atoms with Crippen LogP contribution in [0.1, 0.15) is 26.2 Å². The predicted molar refractivity (Wildman–Crippen MR) is 71.8 cm³/mol. The molecule has 18 heavy (non-hydrogen) atoms. The standard InChI is InChI=1S/C13H19N3O2/c1-10(9-11-5-4-8-14-11)15-12-6-2-3-7-13(12)16(17)18/h2-3,6-7,10-11,14-15H,4-5,8-9H2,1H3. The van der Waals surface area contributed by atoms with Crippen molar-refractivity contribution in [1.29, 1.82) is 0 Å². The molecular weight excluding hydrogens is 230 g/mol. The molecule has 1 heterocycles. The topological polar surface area (TPSA) is 67.2 Å². The van der Waals surface area contributed by atoms with Gasteiger partial charge < -0.3 is 10.6 Å². The number of nitro groups is 1. The molecule has 2 rings (SSSR count). The van der Waals surface area contributed by atoms with Crippen LogP contribution >= 0.6 is 0 Å². The fraction of sp³-hybridized carbons (Fsp3) is 0.538. The van der Waals surface area contributed by atoms with Crippen molar-refractivity contribution in [2.75, 3.05) is 11.9 Å². The Morgan fingerprint density at radius 1 is 1.56 bits per heavy atom. The lowest BCUT2D eigenvalue weighted by molar-refractivity contribution is -0.384. The van der Waals surface area contributed by atoms with Crippen molar-refractivity contribution in [2.45, 2.75) is 38.3 Å². The number of hydrogen-bond donors (Lipinski definition) is 2. The van der Waals surface area contributed by atoms with Gasteiger partial charge in [-0.2, -0.15) is 0 Å². The molecule has 5 heteroatoms. The lowest BCUT2D eigenvalue weighted by Gasteiger charge is -2.19. The van der Waals surface area contributed by atoms with Gasteiger partial charge in [0.05, 0.1) is 4.92 Å². The second kappa shape index (κ2) is 5.82. The van der Waals surface area contributed by atoms with Crippen molar-refractivity contribution in [1.82, 2.24) is 5.32 Å². The average molecular weight is 249 g/mol. The number of hydrogen-bond acceptors (Lipinski definition) is 4. The molecule has 5 nitrogen and oxygen atoms in total. The largest absolute Gasteiger partial charge is 0.377 e. The van der Waals surface area contributed by atoms with Crippen LogP contribution in [-0.2, 0) is 0 Å². The van der Waals surface area contributed by atoms with E-state index in [4.69, 9.17) is 0 Å². The monoisotopic (exact) mass is 249 g/mol. The summed E-state index contributed by atoms with van der Waals surface area (Å²) in [6.45, 7) is 3.15. The smallest absolute Gasteiger partial charge is 0.292 e. The van der Waals surface area contributed by atoms with Crippen LogP contribution in [0.15, 0.2) is 24.3 Å². The maximum atomic E-state index is 10.9. The molecule has 0 aromatic heterocycles. The van der Waals surface area contributed by atoms with Gasteiger partial charge in [0.1, 0.15) is 5.69 Å². The number of para-hydroxylation sites is 2. The molecule has 1 saturated heterocycles. The lowest BCUT2D eigenvalue weighted by Crippen LogP contribution is -2.29. The van der Waals surface area contributed by atoms with E-state index in [9.17, 15) is 10.1 Å². The van der Waals surface area contributed by atoms with Gasteiger partial charge in [0.2, 0.25) is 0 Å². The van der Waals surface area contributed by atoms with Crippen LogP contribution < -0.4 is 10.6 Å². The van der Waals surface area contributed by atoms with Gasteiger partial charge in [-0.3, -0.25) is 10.1 Å². The SMILES string of the molecule is CC(CC1CCCN1)Nc1ccccc1[N+](=O)[O-]. The molecule has 0 saturated carbocycles. The average Bonchev–Trinajstić information content (AvgIpc) is 2.82. The molecule has 2 atom stereocenters. The van der Waals surface area contributed by atoms with Gasteiger partial charge in [0.25, 0.3) is 5.69 Å². The minimum absolute atomic E-state index is 0.142. The Morgan fingerprint density at radius 2 is 2.33 bits per heavy atom. The highest BCUT2D eigenvalue weighted by atomic mass is 16.6. The third-order valence-electron chi connectivity index (χ3n) is 3.30. The van der Waals surface area contributed by atoms with Gasteiger partial charge in [-0.25, -0.2) is 0 Å². The van der Waals surface area contributed by atoms with Gasteiger partial charge in [0, 0.05) is 18.2 Å². The van der Waals surface area contributed by atoms with Crippen LogP contribution in [0, 0.1) is 10.1 Å². The van der Waals surface area contributed by atoms with E-state index < -0.39 is 0 Å². The Balaban J connectivity index is 1.97. The molecule has 2 N–H and O–H groups in total. The van der Waals surface area contributed by atoms with E-state index in [0.29, 0.717) is 11.7 Å². The van der Waals surface area contributed by atoms with E-state index in [0.717, 1.165) is 13.0 Å². The van der Waals surface area contributed by atoms with Crippen molar-refractivity contribution in [3.05, 3.63) is 34.4 Å². The van der Waals surface area contributed by atoms with E-state index in [1.807, 2.05) is 6.07 Å². The maximum absolute atomic E-state index is 10.9. The van der Waals surface area contributed by atoms with Crippen LogP contribution in [0.25, 0.3) is 0 Å². The quantitative estimate of drug-likeness (QED) is 0.621. The van der Waals surface area contributed by atoms with Crippen molar-refractivity contribution < 1.29 is 4.92 Å². The van der Waals surface area contributed by atoms with Gasteiger partial charge in [-0.15, -0.1) is 0 Å². The van der Waals surface area contributed by atoms with Crippen LogP contribution in [-0.4, -0.2) is 23.6 Å². The van der Waals surface area contributed by atoms with E-state index in [1.165, 1.54) is 18.9 Å². The Morgan fingerprint density at radius 3 is 3.00 bits per heavy atom. The zero-order valence-electron chi connectivity index (χ0n) is 10.6. The fourth-order valence-corrected chi connectivity index (χ4v) is 2.46. The number of nitrogens with zero attached hydrogens (tertiary/aromatic N) is 1. The summed E-state index contributed by atoms with van der Waals surface area (Å²) in [7, 11) is 0. The fourth-order valence-electron chi connectivity index (χ4n) is 2.46. The number of nitrogens with one attached hydrogen (secondary N) is 2. The molecule has 0 bridgehead atoms. The Labute approximate surface area is 107 Å². The molecule has 0 aliphatic carbocycles. The molecule has 0 spiro atoms. The number of benzene rings is 1. The summed E-state index contributed by atoms with van der Waals surface area (Å²) < 4.78 is 0. The number of anilines is 1. The summed E-state index contributed by atoms with van der Waals surface area (Å²) in [5.74, 6) is 0. The first-order chi connectivity index (χ1) is 8.66. The second-order valence-electron chi connectivity index (χ2n) is 4.85.